The summed E-state index contributed by atoms with van der Waals surface area (Å²) in [6.07, 6.45) is 2.01. The van der Waals surface area contributed by atoms with Crippen LogP contribution in [-0.4, -0.2) is 66.8 Å². The lowest BCUT2D eigenvalue weighted by atomic mass is 10.1. The number of carbonyl (C=O) groups excluding carboxylic acids is 2. The van der Waals surface area contributed by atoms with Gasteiger partial charge in [-0.3, -0.25) is 23.7 Å². The summed E-state index contributed by atoms with van der Waals surface area (Å²) in [4.78, 5) is 50.8. The van der Waals surface area contributed by atoms with E-state index in [-0.39, 0.29) is 54.2 Å². The number of ether oxygens (including phenoxy) is 1. The van der Waals surface area contributed by atoms with Gasteiger partial charge in [0, 0.05) is 39.8 Å². The number of aromatic nitrogens is 2. The molecule has 1 amide bonds. The fourth-order valence-corrected chi connectivity index (χ4v) is 4.76. The number of amides is 1. The maximum Gasteiger partial charge on any atom is 0.301 e. The first-order chi connectivity index (χ1) is 19.7. The maximum absolute atomic E-state index is 14.0. The van der Waals surface area contributed by atoms with Crippen LogP contribution in [0.1, 0.15) is 28.0 Å². The fourth-order valence-electron chi connectivity index (χ4n) is 4.76. The van der Waals surface area contributed by atoms with Gasteiger partial charge in [-0.1, -0.05) is 42.5 Å². The Kier molecular flexibility index (Phi) is 8.11. The highest BCUT2D eigenvalue weighted by molar-refractivity contribution is 6.01. The summed E-state index contributed by atoms with van der Waals surface area (Å²) in [5.41, 5.74) is 2.32. The number of likely N-dealkylation sites (N-methyl/N-ethyl adjacent to an activating group) is 1. The number of piperazine rings is 1. The van der Waals surface area contributed by atoms with E-state index in [0.29, 0.717) is 30.9 Å². The number of fused-ring (bicyclic) bond motifs is 1. The van der Waals surface area contributed by atoms with E-state index in [1.54, 1.807) is 23.2 Å². The molecule has 0 N–H and O–H groups in total. The number of hydrogen-bond donors (Lipinski definition) is 0. The molecule has 1 saturated heterocycles. The zero-order chi connectivity index (χ0) is 29.1. The van der Waals surface area contributed by atoms with Crippen molar-refractivity contribution in [2.45, 2.75) is 19.4 Å². The average Bonchev–Trinajstić information content (AvgIpc) is 2.96. The molecule has 212 valence electrons. The van der Waals surface area contributed by atoms with Crippen LogP contribution in [0.2, 0.25) is 0 Å². The summed E-state index contributed by atoms with van der Waals surface area (Å²) in [6, 6.07) is 17.1. The zero-order valence-electron chi connectivity index (χ0n) is 23.3. The largest absolute Gasteiger partial charge is 0.481 e. The number of nitrogens with zero attached hydrogens (tertiary/aromatic N) is 5. The van der Waals surface area contributed by atoms with Gasteiger partial charge in [0.05, 0.1) is 17.9 Å². The molecule has 2 aromatic carbocycles. The number of Topliss-reactive ketones (excluding diaryl/α,β-unsaturated/α-hetero) is 1. The lowest BCUT2D eigenvalue weighted by Crippen LogP contribution is -2.49. The van der Waals surface area contributed by atoms with Gasteiger partial charge in [-0.05, 0) is 42.8 Å². The van der Waals surface area contributed by atoms with Crippen LogP contribution < -0.4 is 20.1 Å². The van der Waals surface area contributed by atoms with Crippen LogP contribution in [0, 0.1) is 5.82 Å². The molecule has 4 aromatic rings. The Hall–Kier alpha value is -4.57. The van der Waals surface area contributed by atoms with Gasteiger partial charge < -0.3 is 14.5 Å². The second-order valence-corrected chi connectivity index (χ2v) is 10.4. The smallest absolute Gasteiger partial charge is 0.301 e. The summed E-state index contributed by atoms with van der Waals surface area (Å²) in [5, 5.41) is 0. The lowest BCUT2D eigenvalue weighted by Gasteiger charge is -2.33. The Bertz CT molecular complexity index is 1640. The van der Waals surface area contributed by atoms with Crippen molar-refractivity contribution >= 4 is 28.7 Å². The van der Waals surface area contributed by atoms with Gasteiger partial charge in [0.25, 0.3) is 0 Å². The Morgan fingerprint density at radius 1 is 1.02 bits per heavy atom. The third-order valence-corrected chi connectivity index (χ3v) is 7.11. The zero-order valence-corrected chi connectivity index (χ0v) is 23.3. The predicted molar refractivity (Wildman–Crippen MR) is 155 cm³/mol. The van der Waals surface area contributed by atoms with Crippen molar-refractivity contribution < 1.29 is 18.7 Å². The molecule has 2 aromatic heterocycles. The van der Waals surface area contributed by atoms with Crippen molar-refractivity contribution in [3.63, 3.8) is 0 Å². The molecule has 41 heavy (non-hydrogen) atoms. The molecular weight excluding hydrogens is 525 g/mol. The van der Waals surface area contributed by atoms with Crippen molar-refractivity contribution in [1.29, 1.82) is 0 Å². The van der Waals surface area contributed by atoms with Gasteiger partial charge in [-0.15, -0.1) is 0 Å². The number of benzene rings is 2. The van der Waals surface area contributed by atoms with Crippen LogP contribution in [0.4, 0.5) is 15.8 Å². The number of aryl methyl sites for hydroxylation is 1. The molecule has 0 bridgehead atoms. The van der Waals surface area contributed by atoms with Crippen molar-refractivity contribution in [3.05, 3.63) is 99.9 Å². The van der Waals surface area contributed by atoms with Crippen LogP contribution in [0.15, 0.2) is 71.7 Å². The number of rotatable bonds is 9. The molecule has 0 saturated carbocycles. The Labute approximate surface area is 237 Å². The summed E-state index contributed by atoms with van der Waals surface area (Å²) in [5.74, 6) is -1.02. The summed E-state index contributed by atoms with van der Waals surface area (Å²) in [7, 11) is 5.56. The van der Waals surface area contributed by atoms with E-state index in [9.17, 15) is 18.8 Å². The van der Waals surface area contributed by atoms with Gasteiger partial charge >= 0.3 is 5.56 Å². The van der Waals surface area contributed by atoms with Crippen LogP contribution >= 0.6 is 0 Å². The molecule has 0 unspecified atom stereocenters. The lowest BCUT2D eigenvalue weighted by molar-refractivity contribution is -0.120. The van der Waals surface area contributed by atoms with E-state index < -0.39 is 5.56 Å². The molecule has 9 nitrogen and oxygen atoms in total. The number of ketones is 1. The van der Waals surface area contributed by atoms with Crippen molar-refractivity contribution in [3.8, 4) is 5.75 Å². The Morgan fingerprint density at radius 3 is 2.44 bits per heavy atom. The maximum atomic E-state index is 14.0. The van der Waals surface area contributed by atoms with Gasteiger partial charge in [0.2, 0.25) is 11.7 Å². The molecule has 0 spiro atoms. The third kappa shape index (κ3) is 6.12. The molecular formula is C31H32FN5O4. The molecule has 0 aliphatic carbocycles. The highest BCUT2D eigenvalue weighted by Gasteiger charge is 2.28. The van der Waals surface area contributed by atoms with E-state index in [4.69, 9.17) is 9.72 Å². The highest BCUT2D eigenvalue weighted by Crippen LogP contribution is 2.29. The quantitative estimate of drug-likeness (QED) is 0.291. The average molecular weight is 558 g/mol. The molecule has 10 heteroatoms. The van der Waals surface area contributed by atoms with E-state index >= 15 is 0 Å². The molecule has 3 heterocycles. The SMILES string of the molecule is CN1CCN(c2cc(N(C)C)cn3c(=O)c(OCc4ccccc4)c(C(=O)CCc4ccc(F)cc4)nc23)C(=O)C1. The summed E-state index contributed by atoms with van der Waals surface area (Å²) in [6.45, 7) is 1.36. The monoisotopic (exact) mass is 557 g/mol. The second kappa shape index (κ2) is 11.9. The molecule has 5 rings (SSSR count). The number of hydrogen-bond acceptors (Lipinski definition) is 7. The molecule has 0 radical (unpaired) electrons. The summed E-state index contributed by atoms with van der Waals surface area (Å²) < 4.78 is 20.7. The predicted octanol–water partition coefficient (Wildman–Crippen LogP) is 3.57. The van der Waals surface area contributed by atoms with Crippen LogP contribution in [0.5, 0.6) is 5.75 Å². The number of halogens is 1. The van der Waals surface area contributed by atoms with Crippen molar-refractivity contribution in [2.75, 3.05) is 50.6 Å². The standard InChI is InChI=1S/C31H32FN5O4/c1-34(2)24-17-25(36-16-15-35(3)19-27(36)39)30-33-28(26(38)14-11-21-9-12-23(32)13-10-21)29(31(40)37(30)18-24)41-20-22-7-5-4-6-8-22/h4-10,12-13,17-18H,11,14-16,19-20H2,1-3H3. The van der Waals surface area contributed by atoms with Crippen LogP contribution in [0.25, 0.3) is 5.65 Å². The Balaban J connectivity index is 1.62. The molecule has 1 fully saturated rings. The summed E-state index contributed by atoms with van der Waals surface area (Å²) >= 11 is 0. The van der Waals surface area contributed by atoms with Crippen LogP contribution in [-0.2, 0) is 17.8 Å². The van der Waals surface area contributed by atoms with Crippen molar-refractivity contribution in [1.82, 2.24) is 14.3 Å². The van der Waals surface area contributed by atoms with Gasteiger partial charge in [-0.2, -0.15) is 0 Å². The molecule has 1 aliphatic heterocycles. The second-order valence-electron chi connectivity index (χ2n) is 10.4. The fraction of sp³-hybridized carbons (Fsp3) is 0.290. The number of pyridine rings is 1. The molecule has 0 atom stereocenters. The molecule has 1 aliphatic rings. The normalized spacial score (nSPS) is 14.0. The van der Waals surface area contributed by atoms with Crippen molar-refractivity contribution in [2.24, 2.45) is 0 Å². The number of anilines is 2. The highest BCUT2D eigenvalue weighted by atomic mass is 19.1. The van der Waals surface area contributed by atoms with Gasteiger partial charge in [-0.25, -0.2) is 9.37 Å². The first kappa shape index (κ1) is 28.0. The van der Waals surface area contributed by atoms with Gasteiger partial charge in [0.1, 0.15) is 12.4 Å². The van der Waals surface area contributed by atoms with Crippen LogP contribution in [0.3, 0.4) is 0 Å². The van der Waals surface area contributed by atoms with Gasteiger partial charge in [0.15, 0.2) is 17.1 Å². The minimum atomic E-state index is -0.539. The first-order valence-electron chi connectivity index (χ1n) is 13.4. The number of carbonyl (C=O) groups is 2. The first-order valence-corrected chi connectivity index (χ1v) is 13.4. The topological polar surface area (TPSA) is 87.5 Å². The minimum absolute atomic E-state index is 0.0362. The van der Waals surface area contributed by atoms with E-state index in [1.807, 2.05) is 67.3 Å². The third-order valence-electron chi connectivity index (χ3n) is 7.11. The van der Waals surface area contributed by atoms with E-state index in [0.717, 1.165) is 11.1 Å². The Morgan fingerprint density at radius 2 is 1.76 bits per heavy atom. The van der Waals surface area contributed by atoms with E-state index in [1.165, 1.54) is 16.5 Å². The minimum Gasteiger partial charge on any atom is -0.481 e. The van der Waals surface area contributed by atoms with E-state index in [2.05, 4.69) is 0 Å².